The van der Waals surface area contributed by atoms with Crippen LogP contribution in [0.5, 0.6) is 0 Å². The summed E-state index contributed by atoms with van der Waals surface area (Å²) >= 11 is 4.29. The SMILES string of the molecule is O=C(O)CNC(=O)[C@@H]1CCCN1C(=O)[C@@H]1C[C@@H](O)CN1C(=O)CNC(=O)[C@@H]1CCCN1C(=O)[C@@H]1C[C@@H](O)CN1C(=O)CNC(=O)[C@@H]1CCCN1C(=O)[C@@H]1C[C@@H](O)CN1C(=O)CNC(=O)[C@@H]1CCCN1C(=O)[C@@H]1C[C@@H](O)CN1C(=O)CNC(=O)[C@@H]1CCCN1C(=O)[C@H](CS)NC(=O)CNC(=O)[C@@H]1CCCN1C(=O)[C@@H]1C[C@@H](O)CN1C(=O)CNC(=O)[C@@H]1CCCN1C(=O)[C@@H]1C[C@@H](O)CN1. The minimum atomic E-state index is -1.33. The summed E-state index contributed by atoms with van der Waals surface area (Å²) in [6.45, 7) is -5.24. The Labute approximate surface area is 762 Å². The van der Waals surface area contributed by atoms with Gasteiger partial charge in [0.25, 0.3) is 0 Å². The average Bonchev–Trinajstić information content (AvgIpc) is 1.66. The van der Waals surface area contributed by atoms with Crippen LogP contribution in [0.15, 0.2) is 0 Å². The second kappa shape index (κ2) is 43.3. The standard InChI is InChI=1S/C82H119N21O28S/c104-42-22-48(83-28-42)76(125)92-15-1-8-50(92)70(119)85-30-63(111)99-36-43(105)23-57(99)78(127)94-17-3-10-52(94)69(118)84-29-62(110)91-49(41-132)77(126)93-16-2-9-51(93)71(120)86-31-64(112)100-37-44(106)24-58(100)79(128)95-18-4-11-53(95)72(121)87-32-65(113)101-38-45(107)25-59(101)80(129)96-19-5-12-54(96)73(122)88-33-66(114)102-39-46(108)26-60(102)81(130)97-20-6-13-55(97)74(123)89-34-67(115)103-40-47(109)27-61(103)82(131)98-21-7-14-56(98)75(124)90-35-68(116)117/h42-61,83,104-109,132H,1-41H2,(H,84,118)(H,85,119)(H,86,120)(H,87,121)(H,88,122)(H,89,123)(H,90,124)(H,91,110)(H,116,117)/t42-,43-,44-,45-,46-,47-,48+,49+,50+,51+,52+,53+,54+,55+,56+,57+,58+,59+,60+,61+/m1/s1. The number of carboxylic acids is 1. The molecule has 132 heavy (non-hydrogen) atoms. The summed E-state index contributed by atoms with van der Waals surface area (Å²) in [5.74, 6) is -15.8. The lowest BCUT2D eigenvalue weighted by Gasteiger charge is -2.32. The van der Waals surface area contributed by atoms with Crippen molar-refractivity contribution in [1.82, 2.24) is 107 Å². The maximum Gasteiger partial charge on any atom is 0.322 e. The molecule has 0 aromatic heterocycles. The van der Waals surface area contributed by atoms with Gasteiger partial charge in [-0.15, -0.1) is 0 Å². The van der Waals surface area contributed by atoms with E-state index in [0.717, 1.165) is 24.5 Å². The van der Waals surface area contributed by atoms with Crippen molar-refractivity contribution in [3.8, 4) is 0 Å². The second-order valence-corrected chi connectivity index (χ2v) is 36.5. The highest BCUT2D eigenvalue weighted by molar-refractivity contribution is 7.80. The van der Waals surface area contributed by atoms with Crippen LogP contribution in [0.2, 0.25) is 0 Å². The molecular weight excluding hydrogens is 1760 g/mol. The van der Waals surface area contributed by atoms with Crippen LogP contribution in [0.25, 0.3) is 0 Å². The van der Waals surface area contributed by atoms with Gasteiger partial charge in [-0.05, 0) is 96.3 Å². The number of aliphatic hydroxyl groups excluding tert-OH is 6. The molecule has 0 aromatic rings. The molecule has 49 nitrogen and oxygen atoms in total. The molecule has 13 rings (SSSR count). The Balaban J connectivity index is 0.528. The maximum atomic E-state index is 14.5. The van der Waals surface area contributed by atoms with Gasteiger partial charge in [-0.2, -0.15) is 12.6 Å². The van der Waals surface area contributed by atoms with Crippen LogP contribution in [-0.4, -0.2) is 477 Å². The minimum absolute atomic E-state index is 0.0261. The molecule has 0 aromatic carbocycles. The first-order valence-corrected chi connectivity index (χ1v) is 46.1. The second-order valence-electron chi connectivity index (χ2n) is 36.2. The summed E-state index contributed by atoms with van der Waals surface area (Å²) in [5.41, 5.74) is 0. The van der Waals surface area contributed by atoms with E-state index in [-0.39, 0.29) is 167 Å². The lowest BCUT2D eigenvalue weighted by molar-refractivity contribution is -0.148. The third-order valence-electron chi connectivity index (χ3n) is 27.4. The Bertz CT molecular complexity index is 4500. The van der Waals surface area contributed by atoms with Crippen molar-refractivity contribution in [3.63, 3.8) is 0 Å². The van der Waals surface area contributed by atoms with Crippen LogP contribution in [0, 0.1) is 0 Å². The molecule has 13 heterocycles. The van der Waals surface area contributed by atoms with Crippen LogP contribution in [0.4, 0.5) is 0 Å². The molecule has 13 fully saturated rings. The summed E-state index contributed by atoms with van der Waals surface area (Å²) in [5, 5.41) is 95.8. The number of nitrogens with zero attached hydrogens (tertiary/aromatic N) is 12. The Hall–Kier alpha value is -11.1. The number of hydrogen-bond donors (Lipinski definition) is 17. The van der Waals surface area contributed by atoms with Crippen LogP contribution in [0.1, 0.15) is 128 Å². The zero-order valence-corrected chi connectivity index (χ0v) is 74.0. The fourth-order valence-electron chi connectivity index (χ4n) is 20.9. The van der Waals surface area contributed by atoms with Gasteiger partial charge >= 0.3 is 5.97 Å². The molecule has 16 N–H and O–H groups in total. The molecule has 13 aliphatic heterocycles. The molecule has 0 spiro atoms. The van der Waals surface area contributed by atoms with Crippen molar-refractivity contribution in [2.24, 2.45) is 0 Å². The van der Waals surface area contributed by atoms with Gasteiger partial charge in [-0.25, -0.2) is 0 Å². The van der Waals surface area contributed by atoms with Crippen molar-refractivity contribution < 1.29 is 136 Å². The monoisotopic (exact) mass is 1880 g/mol. The number of amides is 20. The highest BCUT2D eigenvalue weighted by Gasteiger charge is 2.53. The number of carbonyl (C=O) groups is 21. The summed E-state index contributed by atoms with van der Waals surface area (Å²) < 4.78 is 0. The highest BCUT2D eigenvalue weighted by Crippen LogP contribution is 2.34. The number of carboxylic acid groups (broad SMARTS) is 1. The van der Waals surface area contributed by atoms with E-state index >= 15 is 0 Å². The molecule has 726 valence electrons. The molecular formula is C82H119N21O28S. The van der Waals surface area contributed by atoms with Crippen LogP contribution < -0.4 is 47.9 Å². The zero-order valence-electron chi connectivity index (χ0n) is 73.1. The minimum Gasteiger partial charge on any atom is -0.480 e. The third kappa shape index (κ3) is 22.2. The molecule has 0 saturated carbocycles. The quantitative estimate of drug-likeness (QED) is 0.0297. The fraction of sp³-hybridized carbons (Fsp3) is 0.744. The zero-order chi connectivity index (χ0) is 95.0. The maximum absolute atomic E-state index is 14.5. The number of aliphatic hydroxyl groups is 6. The summed E-state index contributed by atoms with van der Waals surface area (Å²) in [6, 6.07) is -15.9. The predicted molar refractivity (Wildman–Crippen MR) is 451 cm³/mol. The normalized spacial score (nSPS) is 30.0. The molecule has 13 aliphatic rings. The summed E-state index contributed by atoms with van der Waals surface area (Å²) in [4.78, 5) is 302. The Morgan fingerprint density at radius 3 is 0.742 bits per heavy atom. The number of likely N-dealkylation sites (tertiary alicyclic amines) is 12. The van der Waals surface area contributed by atoms with E-state index in [1.807, 2.05) is 0 Å². The molecule has 0 radical (unpaired) electrons. The molecule has 13 saturated heterocycles. The van der Waals surface area contributed by atoms with E-state index in [0.29, 0.717) is 57.9 Å². The van der Waals surface area contributed by atoms with Crippen molar-refractivity contribution in [2.75, 3.05) is 137 Å². The van der Waals surface area contributed by atoms with Gasteiger partial charge in [0.2, 0.25) is 118 Å². The van der Waals surface area contributed by atoms with Gasteiger partial charge in [-0.1, -0.05) is 0 Å². The summed E-state index contributed by atoms with van der Waals surface area (Å²) in [7, 11) is 0. The summed E-state index contributed by atoms with van der Waals surface area (Å²) in [6.07, 6.45) is -3.53. The first-order chi connectivity index (χ1) is 63.0. The average molecular weight is 1880 g/mol. The number of carbonyl (C=O) groups excluding carboxylic acids is 20. The topological polar surface area (TPSA) is 647 Å². The Morgan fingerprint density at radius 1 is 0.280 bits per heavy atom. The highest BCUT2D eigenvalue weighted by atomic mass is 32.1. The first kappa shape index (κ1) is 98.4. The molecule has 20 atom stereocenters. The van der Waals surface area contributed by atoms with Gasteiger partial charge in [0, 0.05) is 123 Å². The van der Waals surface area contributed by atoms with Crippen LogP contribution >= 0.6 is 12.6 Å². The predicted octanol–water partition coefficient (Wildman–Crippen LogP) is -13.2. The molecule has 0 bridgehead atoms. The number of hydrogen-bond acceptors (Lipinski definition) is 29. The molecule has 20 amide bonds. The van der Waals surface area contributed by atoms with E-state index < -0.39 is 285 Å². The molecule has 50 heteroatoms. The van der Waals surface area contributed by atoms with Gasteiger partial charge in [0.15, 0.2) is 0 Å². The van der Waals surface area contributed by atoms with E-state index in [2.05, 4.69) is 60.5 Å². The van der Waals surface area contributed by atoms with Crippen molar-refractivity contribution in [3.05, 3.63) is 0 Å². The van der Waals surface area contributed by atoms with Gasteiger partial charge in [-0.3, -0.25) is 101 Å². The molecule has 0 aliphatic carbocycles. The lowest BCUT2D eigenvalue weighted by Crippen LogP contribution is -2.57. The van der Waals surface area contributed by atoms with E-state index in [1.165, 1.54) is 34.3 Å². The van der Waals surface area contributed by atoms with Crippen molar-refractivity contribution >= 4 is 137 Å². The smallest absolute Gasteiger partial charge is 0.322 e. The van der Waals surface area contributed by atoms with Crippen molar-refractivity contribution in [1.29, 1.82) is 0 Å². The van der Waals surface area contributed by atoms with E-state index in [1.54, 1.807) is 0 Å². The van der Waals surface area contributed by atoms with Gasteiger partial charge < -0.3 is 142 Å². The lowest BCUT2D eigenvalue weighted by atomic mass is 10.1. The van der Waals surface area contributed by atoms with Gasteiger partial charge in [0.05, 0.1) is 81.9 Å². The van der Waals surface area contributed by atoms with Crippen molar-refractivity contribution in [2.45, 2.75) is 250 Å². The number of thiol groups is 1. The third-order valence-corrected chi connectivity index (χ3v) is 27.8. The van der Waals surface area contributed by atoms with E-state index in [9.17, 15) is 131 Å². The van der Waals surface area contributed by atoms with Crippen LogP contribution in [-0.2, 0) is 101 Å². The Morgan fingerprint density at radius 2 is 0.508 bits per heavy atom. The number of nitrogens with one attached hydrogen (secondary N) is 9. The number of β-amino-alcohol motifs (C(OH)–C–C–N with tert-alkyl or cyclic N) is 6. The largest absolute Gasteiger partial charge is 0.480 e. The number of rotatable bonds is 30. The van der Waals surface area contributed by atoms with Crippen LogP contribution in [0.3, 0.4) is 0 Å². The fourth-order valence-corrected chi connectivity index (χ4v) is 21.2. The first-order valence-electron chi connectivity index (χ1n) is 45.5. The number of aliphatic carboxylic acids is 1. The Kier molecular flexibility index (Phi) is 32.3. The molecule has 0 unspecified atom stereocenters. The van der Waals surface area contributed by atoms with Gasteiger partial charge in [0.1, 0.15) is 85.1 Å². The van der Waals surface area contributed by atoms with E-state index in [4.69, 9.17) is 5.11 Å².